The van der Waals surface area contributed by atoms with Gasteiger partial charge in [0.05, 0.1) is 6.04 Å². The molecule has 0 amide bonds. The Morgan fingerprint density at radius 3 is 2.95 bits per heavy atom. The number of hydrogen-bond acceptors (Lipinski definition) is 4. The lowest BCUT2D eigenvalue weighted by Crippen LogP contribution is -2.42. The van der Waals surface area contributed by atoms with Crippen LogP contribution >= 0.6 is 11.3 Å². The first-order valence-electron chi connectivity index (χ1n) is 7.30. The predicted octanol–water partition coefficient (Wildman–Crippen LogP) is 3.49. The third-order valence-corrected chi connectivity index (χ3v) is 5.18. The number of fused-ring (bicyclic) bond motifs is 1. The fraction of sp³-hybridized carbons (Fsp3) is 0.500. The van der Waals surface area contributed by atoms with Gasteiger partial charge in [0.1, 0.15) is 11.5 Å². The molecule has 0 bridgehead atoms. The van der Waals surface area contributed by atoms with Crippen molar-refractivity contribution in [3.63, 3.8) is 0 Å². The maximum absolute atomic E-state index is 6.39. The van der Waals surface area contributed by atoms with Gasteiger partial charge in [0.15, 0.2) is 0 Å². The van der Waals surface area contributed by atoms with Crippen LogP contribution in [0.4, 0.5) is 0 Å². The van der Waals surface area contributed by atoms with E-state index in [0.717, 1.165) is 37.5 Å². The van der Waals surface area contributed by atoms with Gasteiger partial charge < -0.3 is 10.2 Å². The Labute approximate surface area is 124 Å². The third kappa shape index (κ3) is 2.55. The molecule has 2 atom stereocenters. The second-order valence-electron chi connectivity index (χ2n) is 5.55. The lowest BCUT2D eigenvalue weighted by Gasteiger charge is -2.36. The Morgan fingerprint density at radius 1 is 1.40 bits per heavy atom. The first-order valence-corrected chi connectivity index (χ1v) is 8.18. The summed E-state index contributed by atoms with van der Waals surface area (Å²) >= 11 is 1.87. The molecule has 2 unspecified atom stereocenters. The van der Waals surface area contributed by atoms with E-state index in [2.05, 4.69) is 29.3 Å². The van der Waals surface area contributed by atoms with E-state index in [1.54, 1.807) is 0 Å². The van der Waals surface area contributed by atoms with Crippen LogP contribution in [0.3, 0.4) is 0 Å². The van der Waals surface area contributed by atoms with Crippen molar-refractivity contribution >= 4 is 11.3 Å². The lowest BCUT2D eigenvalue weighted by molar-refractivity contribution is 0.133. The standard InChI is InChI=1S/C16H22N2OS/c1-3-13(17)16(14-5-4-11(2)19-14)18-8-6-15-12(10-18)7-9-20-15/h4-5,7,9,13,16H,3,6,8,10,17H2,1-2H3. The van der Waals surface area contributed by atoms with Crippen LogP contribution in [-0.2, 0) is 13.0 Å². The Morgan fingerprint density at radius 2 is 2.25 bits per heavy atom. The smallest absolute Gasteiger partial charge is 0.122 e. The largest absolute Gasteiger partial charge is 0.465 e. The van der Waals surface area contributed by atoms with Crippen molar-refractivity contribution in [1.29, 1.82) is 0 Å². The number of rotatable bonds is 4. The highest BCUT2D eigenvalue weighted by Crippen LogP contribution is 2.33. The Bertz CT molecular complexity index is 575. The highest BCUT2D eigenvalue weighted by atomic mass is 32.1. The quantitative estimate of drug-likeness (QED) is 0.937. The summed E-state index contributed by atoms with van der Waals surface area (Å²) < 4.78 is 5.87. The van der Waals surface area contributed by atoms with Gasteiger partial charge in [-0.2, -0.15) is 0 Å². The van der Waals surface area contributed by atoms with E-state index in [0.29, 0.717) is 0 Å². The molecule has 1 aliphatic heterocycles. The molecule has 3 rings (SSSR count). The van der Waals surface area contributed by atoms with Crippen LogP contribution in [0, 0.1) is 6.92 Å². The second kappa shape index (κ2) is 5.72. The topological polar surface area (TPSA) is 42.4 Å². The Hall–Kier alpha value is -1.10. The van der Waals surface area contributed by atoms with Gasteiger partial charge in [0.25, 0.3) is 0 Å². The normalized spacial score (nSPS) is 18.8. The highest BCUT2D eigenvalue weighted by Gasteiger charge is 2.31. The van der Waals surface area contributed by atoms with E-state index in [9.17, 15) is 0 Å². The maximum Gasteiger partial charge on any atom is 0.122 e. The zero-order valence-corrected chi connectivity index (χ0v) is 13.0. The maximum atomic E-state index is 6.39. The van der Waals surface area contributed by atoms with E-state index in [-0.39, 0.29) is 12.1 Å². The summed E-state index contributed by atoms with van der Waals surface area (Å²) in [6, 6.07) is 6.65. The summed E-state index contributed by atoms with van der Waals surface area (Å²) in [4.78, 5) is 4.00. The first-order chi connectivity index (χ1) is 9.69. The molecule has 20 heavy (non-hydrogen) atoms. The molecule has 0 spiro atoms. The van der Waals surface area contributed by atoms with Gasteiger partial charge in [0, 0.05) is 24.0 Å². The minimum Gasteiger partial charge on any atom is -0.465 e. The minimum atomic E-state index is 0.112. The van der Waals surface area contributed by atoms with Gasteiger partial charge >= 0.3 is 0 Å². The summed E-state index contributed by atoms with van der Waals surface area (Å²) in [5.74, 6) is 1.97. The molecule has 1 aliphatic rings. The summed E-state index contributed by atoms with van der Waals surface area (Å²) in [6.45, 7) is 6.18. The molecular formula is C16H22N2OS. The van der Waals surface area contributed by atoms with E-state index >= 15 is 0 Å². The van der Waals surface area contributed by atoms with Crippen molar-refractivity contribution in [2.24, 2.45) is 5.73 Å². The molecule has 3 nitrogen and oxygen atoms in total. The van der Waals surface area contributed by atoms with Crippen molar-refractivity contribution in [3.8, 4) is 0 Å². The SMILES string of the molecule is CCC(N)C(c1ccc(C)o1)N1CCc2sccc2C1. The van der Waals surface area contributed by atoms with Crippen LogP contribution in [0.5, 0.6) is 0 Å². The zero-order valence-electron chi connectivity index (χ0n) is 12.1. The summed E-state index contributed by atoms with van der Waals surface area (Å²) in [5, 5.41) is 2.19. The molecule has 0 fully saturated rings. The summed E-state index contributed by atoms with van der Waals surface area (Å²) in [7, 11) is 0. The summed E-state index contributed by atoms with van der Waals surface area (Å²) in [5.41, 5.74) is 7.84. The minimum absolute atomic E-state index is 0.112. The Balaban J connectivity index is 1.87. The molecule has 3 heterocycles. The molecule has 4 heteroatoms. The number of furan rings is 1. The van der Waals surface area contributed by atoms with E-state index in [1.807, 2.05) is 24.3 Å². The van der Waals surface area contributed by atoms with Gasteiger partial charge in [0.2, 0.25) is 0 Å². The number of hydrogen-bond donors (Lipinski definition) is 1. The third-order valence-electron chi connectivity index (χ3n) is 4.16. The molecule has 0 aliphatic carbocycles. The fourth-order valence-corrected chi connectivity index (χ4v) is 3.89. The predicted molar refractivity (Wildman–Crippen MR) is 82.9 cm³/mol. The van der Waals surface area contributed by atoms with Crippen molar-refractivity contribution < 1.29 is 4.42 Å². The first kappa shape index (κ1) is 13.9. The molecule has 0 radical (unpaired) electrons. The van der Waals surface area contributed by atoms with Gasteiger partial charge in [-0.05, 0) is 48.9 Å². The van der Waals surface area contributed by atoms with E-state index < -0.39 is 0 Å². The zero-order chi connectivity index (χ0) is 14.1. The Kier molecular flexibility index (Phi) is 3.96. The van der Waals surface area contributed by atoms with Gasteiger partial charge in [-0.3, -0.25) is 4.90 Å². The van der Waals surface area contributed by atoms with Crippen LogP contribution in [-0.4, -0.2) is 17.5 Å². The number of aryl methyl sites for hydroxylation is 1. The molecular weight excluding hydrogens is 268 g/mol. The molecule has 108 valence electrons. The van der Waals surface area contributed by atoms with Crippen LogP contribution in [0.1, 0.15) is 41.3 Å². The molecule has 2 aromatic rings. The van der Waals surface area contributed by atoms with Gasteiger partial charge in [-0.1, -0.05) is 6.92 Å². The van der Waals surface area contributed by atoms with Crippen molar-refractivity contribution in [1.82, 2.24) is 4.90 Å². The monoisotopic (exact) mass is 290 g/mol. The second-order valence-corrected chi connectivity index (χ2v) is 6.56. The van der Waals surface area contributed by atoms with Crippen LogP contribution in [0.25, 0.3) is 0 Å². The number of nitrogens with zero attached hydrogens (tertiary/aromatic N) is 1. The van der Waals surface area contributed by atoms with Crippen molar-refractivity contribution in [2.75, 3.05) is 6.54 Å². The van der Waals surface area contributed by atoms with Gasteiger partial charge in [-0.25, -0.2) is 0 Å². The van der Waals surface area contributed by atoms with Crippen LogP contribution < -0.4 is 5.73 Å². The van der Waals surface area contributed by atoms with Crippen molar-refractivity contribution in [2.45, 2.75) is 45.3 Å². The number of thiophene rings is 1. The number of nitrogens with two attached hydrogens (primary N) is 1. The average molecular weight is 290 g/mol. The molecule has 2 N–H and O–H groups in total. The van der Waals surface area contributed by atoms with Crippen LogP contribution in [0.2, 0.25) is 0 Å². The van der Waals surface area contributed by atoms with Crippen LogP contribution in [0.15, 0.2) is 28.0 Å². The van der Waals surface area contributed by atoms with Gasteiger partial charge in [-0.15, -0.1) is 11.3 Å². The molecule has 2 aromatic heterocycles. The molecule has 0 saturated carbocycles. The fourth-order valence-electron chi connectivity index (χ4n) is 3.01. The van der Waals surface area contributed by atoms with Crippen molar-refractivity contribution in [3.05, 3.63) is 45.5 Å². The average Bonchev–Trinajstić information content (AvgIpc) is 3.07. The van der Waals surface area contributed by atoms with E-state index in [1.165, 1.54) is 10.4 Å². The van der Waals surface area contributed by atoms with E-state index in [4.69, 9.17) is 10.2 Å². The highest BCUT2D eigenvalue weighted by molar-refractivity contribution is 7.10. The molecule has 0 saturated heterocycles. The summed E-state index contributed by atoms with van der Waals surface area (Å²) in [6.07, 6.45) is 2.08. The molecule has 0 aromatic carbocycles. The lowest BCUT2D eigenvalue weighted by atomic mass is 9.99.